The number of halogens is 4. The number of hydrogen-bond acceptors (Lipinski definition) is 4. The molecule has 5 nitrogen and oxygen atoms in total. The van der Waals surface area contributed by atoms with Gasteiger partial charge in [0, 0.05) is 25.8 Å². The Bertz CT molecular complexity index is 1110. The number of phenols is 2. The molecule has 2 aromatic carbocycles. The van der Waals surface area contributed by atoms with Gasteiger partial charge in [-0.25, -0.2) is 4.79 Å². The van der Waals surface area contributed by atoms with Crippen LogP contribution in [0.3, 0.4) is 0 Å². The molecular formula is C20H12Br4N2O3. The van der Waals surface area contributed by atoms with E-state index in [0.29, 0.717) is 31.5 Å². The minimum atomic E-state index is -0.508. The summed E-state index contributed by atoms with van der Waals surface area (Å²) < 4.78 is 2.70. The quantitative estimate of drug-likeness (QED) is 0.299. The number of aromatic nitrogens is 2. The topological polar surface area (TPSA) is 86.2 Å². The van der Waals surface area contributed by atoms with E-state index in [1.807, 2.05) is 0 Å². The fourth-order valence-electron chi connectivity index (χ4n) is 2.45. The molecule has 3 rings (SSSR count). The highest BCUT2D eigenvalue weighted by atomic mass is 79.9. The fraction of sp³-hybridized carbons (Fsp3) is 0. The zero-order chi connectivity index (χ0) is 21.1. The molecule has 0 spiro atoms. The Morgan fingerprint density at radius 1 is 0.759 bits per heavy atom. The van der Waals surface area contributed by atoms with Gasteiger partial charge < -0.3 is 15.2 Å². The molecule has 0 unspecified atom stereocenters. The van der Waals surface area contributed by atoms with E-state index >= 15 is 0 Å². The second-order valence-electron chi connectivity index (χ2n) is 5.88. The maximum atomic E-state index is 11.9. The third-order valence-electron chi connectivity index (χ3n) is 3.78. The second kappa shape index (κ2) is 9.42. The standard InChI is InChI=1S/C20H12Br4N2O3/c21-12-5-10(18(27)16(23)7-12)1-3-14-9-15(26-20(29)25-14)4-2-11-6-13(22)8-17(24)19(11)28/h1-9,27-28H,(H,25,26,29)/b3-1+,4-2+. The van der Waals surface area contributed by atoms with Gasteiger partial charge in [0.05, 0.1) is 14.6 Å². The first-order chi connectivity index (χ1) is 13.7. The minimum Gasteiger partial charge on any atom is -0.506 e. The SMILES string of the molecule is O=c1nc(/C=C/c2cc(Br)cc(Br)c2O)cc(/C=C/c2cc(Br)cc(Br)c2O)[nH]1. The summed E-state index contributed by atoms with van der Waals surface area (Å²) in [6.45, 7) is 0. The van der Waals surface area contributed by atoms with Crippen molar-refractivity contribution in [3.8, 4) is 11.5 Å². The van der Waals surface area contributed by atoms with Crippen LogP contribution in [0.25, 0.3) is 24.3 Å². The predicted octanol–water partition coefficient (Wildman–Crippen LogP) is 6.57. The lowest BCUT2D eigenvalue weighted by Crippen LogP contribution is -2.12. The van der Waals surface area contributed by atoms with Gasteiger partial charge in [-0.1, -0.05) is 31.9 Å². The van der Waals surface area contributed by atoms with Crippen molar-refractivity contribution in [2.24, 2.45) is 0 Å². The van der Waals surface area contributed by atoms with Gasteiger partial charge in [-0.2, -0.15) is 4.98 Å². The molecule has 0 bridgehead atoms. The highest BCUT2D eigenvalue weighted by molar-refractivity contribution is 9.11. The van der Waals surface area contributed by atoms with Crippen molar-refractivity contribution in [1.29, 1.82) is 0 Å². The lowest BCUT2D eigenvalue weighted by Gasteiger charge is -2.04. The highest BCUT2D eigenvalue weighted by Gasteiger charge is 2.06. The molecule has 1 heterocycles. The van der Waals surface area contributed by atoms with E-state index in [2.05, 4.69) is 73.7 Å². The summed E-state index contributed by atoms with van der Waals surface area (Å²) >= 11 is 13.3. The molecule has 1 aromatic heterocycles. The maximum absolute atomic E-state index is 11.9. The van der Waals surface area contributed by atoms with Crippen molar-refractivity contribution in [2.45, 2.75) is 0 Å². The van der Waals surface area contributed by atoms with Gasteiger partial charge in [0.2, 0.25) is 0 Å². The van der Waals surface area contributed by atoms with Crippen LogP contribution in [0.15, 0.2) is 53.0 Å². The molecule has 148 valence electrons. The molecule has 0 amide bonds. The molecular weight excluding hydrogens is 636 g/mol. The largest absolute Gasteiger partial charge is 0.506 e. The van der Waals surface area contributed by atoms with Crippen molar-refractivity contribution >= 4 is 88.0 Å². The van der Waals surface area contributed by atoms with E-state index in [1.54, 1.807) is 54.6 Å². The second-order valence-corrected chi connectivity index (χ2v) is 9.42. The van der Waals surface area contributed by atoms with Crippen LogP contribution in [0.1, 0.15) is 22.5 Å². The van der Waals surface area contributed by atoms with Crippen molar-refractivity contribution in [3.63, 3.8) is 0 Å². The predicted molar refractivity (Wildman–Crippen MR) is 130 cm³/mol. The van der Waals surface area contributed by atoms with Crippen molar-refractivity contribution < 1.29 is 10.2 Å². The molecule has 0 radical (unpaired) electrons. The third-order valence-corrected chi connectivity index (χ3v) is 5.90. The molecule has 0 aliphatic heterocycles. The van der Waals surface area contributed by atoms with Crippen LogP contribution >= 0.6 is 63.7 Å². The molecule has 0 fully saturated rings. The Balaban J connectivity index is 1.92. The molecule has 0 atom stereocenters. The van der Waals surface area contributed by atoms with Gasteiger partial charge in [0.1, 0.15) is 11.5 Å². The number of phenolic OH excluding ortho intramolecular Hbond substituents is 2. The molecule has 3 aromatic rings. The maximum Gasteiger partial charge on any atom is 0.345 e. The summed E-state index contributed by atoms with van der Waals surface area (Å²) in [4.78, 5) is 18.5. The molecule has 0 aliphatic carbocycles. The van der Waals surface area contributed by atoms with Gasteiger partial charge in [-0.3, -0.25) is 0 Å². The van der Waals surface area contributed by atoms with E-state index in [1.165, 1.54) is 0 Å². The average molecular weight is 648 g/mol. The first-order valence-electron chi connectivity index (χ1n) is 8.06. The van der Waals surface area contributed by atoms with Crippen LogP contribution in [0, 0.1) is 0 Å². The number of aromatic hydroxyl groups is 2. The molecule has 9 heteroatoms. The Morgan fingerprint density at radius 2 is 1.28 bits per heavy atom. The summed E-state index contributed by atoms with van der Waals surface area (Å²) in [5.41, 5.74) is 1.56. The van der Waals surface area contributed by atoms with E-state index in [4.69, 9.17) is 0 Å². The van der Waals surface area contributed by atoms with Gasteiger partial charge in [-0.15, -0.1) is 0 Å². The number of benzene rings is 2. The number of aromatic amines is 1. The van der Waals surface area contributed by atoms with Crippen LogP contribution < -0.4 is 5.69 Å². The molecule has 3 N–H and O–H groups in total. The average Bonchev–Trinajstić information content (AvgIpc) is 2.64. The Morgan fingerprint density at radius 3 is 1.83 bits per heavy atom. The van der Waals surface area contributed by atoms with E-state index in [-0.39, 0.29) is 11.5 Å². The van der Waals surface area contributed by atoms with Crippen LogP contribution in [0.4, 0.5) is 0 Å². The van der Waals surface area contributed by atoms with Gasteiger partial charge in [0.15, 0.2) is 0 Å². The summed E-state index contributed by atoms with van der Waals surface area (Å²) in [5, 5.41) is 20.3. The van der Waals surface area contributed by atoms with Gasteiger partial charge in [0.25, 0.3) is 0 Å². The minimum absolute atomic E-state index is 0.0881. The fourth-order valence-corrected chi connectivity index (χ4v) is 4.97. The lowest BCUT2D eigenvalue weighted by atomic mass is 10.1. The van der Waals surface area contributed by atoms with Crippen molar-refractivity contribution in [2.75, 3.05) is 0 Å². The lowest BCUT2D eigenvalue weighted by molar-refractivity contribution is 0.470. The van der Waals surface area contributed by atoms with E-state index < -0.39 is 5.69 Å². The number of rotatable bonds is 4. The van der Waals surface area contributed by atoms with E-state index in [9.17, 15) is 15.0 Å². The van der Waals surface area contributed by atoms with E-state index in [0.717, 1.165) is 8.95 Å². The van der Waals surface area contributed by atoms with Gasteiger partial charge >= 0.3 is 5.69 Å². The number of hydrogen-bond donors (Lipinski definition) is 3. The molecule has 29 heavy (non-hydrogen) atoms. The number of nitrogens with one attached hydrogen (secondary N) is 1. The zero-order valence-electron chi connectivity index (χ0n) is 14.5. The number of nitrogens with zero attached hydrogens (tertiary/aromatic N) is 1. The molecule has 0 aliphatic rings. The summed E-state index contributed by atoms with van der Waals surface area (Å²) in [7, 11) is 0. The highest BCUT2D eigenvalue weighted by Crippen LogP contribution is 2.33. The Labute approximate surface area is 199 Å². The van der Waals surface area contributed by atoms with Crippen molar-refractivity contribution in [3.05, 3.63) is 81.2 Å². The Kier molecular flexibility index (Phi) is 7.15. The first-order valence-corrected chi connectivity index (χ1v) is 11.2. The molecule has 0 saturated heterocycles. The Hall–Kier alpha value is -1.68. The summed E-state index contributed by atoms with van der Waals surface area (Å²) in [5.74, 6) is 0.182. The van der Waals surface area contributed by atoms with Gasteiger partial charge in [-0.05, 0) is 86.5 Å². The first kappa shape index (κ1) is 22.0. The van der Waals surface area contributed by atoms with Crippen LogP contribution in [-0.2, 0) is 0 Å². The smallest absolute Gasteiger partial charge is 0.345 e. The zero-order valence-corrected chi connectivity index (χ0v) is 20.8. The summed E-state index contributed by atoms with van der Waals surface area (Å²) in [6.07, 6.45) is 6.65. The van der Waals surface area contributed by atoms with Crippen LogP contribution in [0.5, 0.6) is 11.5 Å². The number of H-pyrrole nitrogens is 1. The summed E-state index contributed by atoms with van der Waals surface area (Å²) in [6, 6.07) is 8.65. The normalized spacial score (nSPS) is 11.6. The van der Waals surface area contributed by atoms with Crippen LogP contribution in [-0.4, -0.2) is 20.2 Å². The van der Waals surface area contributed by atoms with Crippen molar-refractivity contribution in [1.82, 2.24) is 9.97 Å². The third kappa shape index (κ3) is 5.69. The monoisotopic (exact) mass is 644 g/mol. The van der Waals surface area contributed by atoms with Crippen LogP contribution in [0.2, 0.25) is 0 Å². The molecule has 0 saturated carbocycles.